The second-order valence-corrected chi connectivity index (χ2v) is 5.51. The molecule has 0 saturated carbocycles. The number of fused-ring (bicyclic) bond motifs is 1. The Bertz CT molecular complexity index is 642. The topological polar surface area (TPSA) is 46.8 Å². The quantitative estimate of drug-likeness (QED) is 0.813. The summed E-state index contributed by atoms with van der Waals surface area (Å²) >= 11 is 0. The molecule has 2 aromatic rings. The lowest BCUT2D eigenvalue weighted by atomic mass is 9.94. The minimum Gasteiger partial charge on any atom is -0.464 e. The van der Waals surface area contributed by atoms with Gasteiger partial charge >= 0.3 is 5.97 Å². The zero-order chi connectivity index (χ0) is 14.8. The molecule has 0 atom stereocenters. The van der Waals surface area contributed by atoms with Gasteiger partial charge in [-0.1, -0.05) is 13.0 Å². The minimum absolute atomic E-state index is 0.328. The van der Waals surface area contributed by atoms with Gasteiger partial charge in [-0.25, -0.2) is 9.78 Å². The van der Waals surface area contributed by atoms with E-state index in [2.05, 4.69) is 11.8 Å². The molecule has 0 spiro atoms. The van der Waals surface area contributed by atoms with Crippen LogP contribution in [0.5, 0.6) is 0 Å². The molecule has 0 unspecified atom stereocenters. The molecular weight excluding hydrogens is 266 g/mol. The van der Waals surface area contributed by atoms with Crippen molar-refractivity contribution < 1.29 is 9.53 Å². The van der Waals surface area contributed by atoms with E-state index in [9.17, 15) is 4.79 Å². The second-order valence-electron chi connectivity index (χ2n) is 5.51. The number of imidazole rings is 1. The molecule has 112 valence electrons. The fourth-order valence-corrected chi connectivity index (χ4v) is 3.04. The van der Waals surface area contributed by atoms with Crippen LogP contribution >= 0.6 is 0 Å². The maximum absolute atomic E-state index is 11.8. The molecule has 1 aliphatic heterocycles. The van der Waals surface area contributed by atoms with E-state index >= 15 is 0 Å². The molecule has 1 saturated heterocycles. The smallest absolute Gasteiger partial charge is 0.355 e. The van der Waals surface area contributed by atoms with E-state index in [0.717, 1.165) is 43.8 Å². The highest BCUT2D eigenvalue weighted by atomic mass is 16.5. The molecule has 0 amide bonds. The highest BCUT2D eigenvalue weighted by Gasteiger charge is 2.22. The van der Waals surface area contributed by atoms with Crippen LogP contribution < -0.4 is 0 Å². The Morgan fingerprint density at radius 3 is 2.81 bits per heavy atom. The van der Waals surface area contributed by atoms with Crippen LogP contribution in [0.25, 0.3) is 5.65 Å². The molecule has 5 nitrogen and oxygen atoms in total. The van der Waals surface area contributed by atoms with Gasteiger partial charge in [0.25, 0.3) is 0 Å². The van der Waals surface area contributed by atoms with Crippen molar-refractivity contribution in [2.45, 2.75) is 25.7 Å². The van der Waals surface area contributed by atoms with E-state index in [-0.39, 0.29) is 5.97 Å². The number of piperidine rings is 1. The van der Waals surface area contributed by atoms with E-state index in [4.69, 9.17) is 9.72 Å². The van der Waals surface area contributed by atoms with Crippen LogP contribution in [-0.4, -0.2) is 47.0 Å². The number of esters is 1. The Morgan fingerprint density at radius 1 is 1.38 bits per heavy atom. The number of ether oxygens (including phenoxy) is 1. The van der Waals surface area contributed by atoms with Crippen LogP contribution in [0.2, 0.25) is 0 Å². The number of aromatic nitrogens is 2. The predicted molar refractivity (Wildman–Crippen MR) is 80.6 cm³/mol. The summed E-state index contributed by atoms with van der Waals surface area (Å²) in [5.74, 6) is 0.156. The molecule has 3 heterocycles. The maximum Gasteiger partial charge on any atom is 0.355 e. The van der Waals surface area contributed by atoms with Gasteiger partial charge in [-0.15, -0.1) is 0 Å². The first-order valence-electron chi connectivity index (χ1n) is 7.51. The van der Waals surface area contributed by atoms with Crippen LogP contribution in [0.4, 0.5) is 0 Å². The largest absolute Gasteiger partial charge is 0.464 e. The highest BCUT2D eigenvalue weighted by Crippen LogP contribution is 2.27. The summed E-state index contributed by atoms with van der Waals surface area (Å²) in [6.07, 6.45) is 4.25. The number of methoxy groups -OCH3 is 1. The van der Waals surface area contributed by atoms with Crippen LogP contribution in [0.3, 0.4) is 0 Å². The van der Waals surface area contributed by atoms with Crippen molar-refractivity contribution in [1.29, 1.82) is 0 Å². The number of nitrogens with zero attached hydrogens (tertiary/aromatic N) is 3. The molecule has 0 aliphatic carbocycles. The molecule has 1 fully saturated rings. The van der Waals surface area contributed by atoms with Crippen LogP contribution in [0, 0.1) is 0 Å². The van der Waals surface area contributed by atoms with Gasteiger partial charge in [-0.3, -0.25) is 4.40 Å². The van der Waals surface area contributed by atoms with Gasteiger partial charge < -0.3 is 9.64 Å². The van der Waals surface area contributed by atoms with E-state index in [1.54, 1.807) is 6.07 Å². The molecule has 2 aromatic heterocycles. The fraction of sp³-hybridized carbons (Fsp3) is 0.500. The third-order valence-corrected chi connectivity index (χ3v) is 4.36. The van der Waals surface area contributed by atoms with Crippen LogP contribution in [0.15, 0.2) is 24.4 Å². The third-order valence-electron chi connectivity index (χ3n) is 4.36. The van der Waals surface area contributed by atoms with Gasteiger partial charge in [0.15, 0.2) is 0 Å². The van der Waals surface area contributed by atoms with Crippen molar-refractivity contribution in [1.82, 2.24) is 14.3 Å². The summed E-state index contributed by atoms with van der Waals surface area (Å²) in [4.78, 5) is 19.0. The number of pyridine rings is 1. The first-order chi connectivity index (χ1) is 10.2. The number of rotatable bonds is 3. The van der Waals surface area contributed by atoms with E-state index in [0.29, 0.717) is 11.6 Å². The number of hydrogen-bond acceptors (Lipinski definition) is 4. The lowest BCUT2D eigenvalue weighted by molar-refractivity contribution is 0.0592. The summed E-state index contributed by atoms with van der Waals surface area (Å²) in [5.41, 5.74) is 2.42. The van der Waals surface area contributed by atoms with Gasteiger partial charge in [-0.05, 0) is 44.6 Å². The summed E-state index contributed by atoms with van der Waals surface area (Å²) in [6.45, 7) is 5.57. The lowest BCUT2D eigenvalue weighted by Crippen LogP contribution is -2.32. The molecule has 5 heteroatoms. The normalized spacial score (nSPS) is 17.2. The number of carbonyl (C=O) groups excluding carboxylic acids is 1. The van der Waals surface area contributed by atoms with Crippen molar-refractivity contribution in [3.63, 3.8) is 0 Å². The monoisotopic (exact) mass is 287 g/mol. The van der Waals surface area contributed by atoms with Crippen LogP contribution in [-0.2, 0) is 4.74 Å². The molecule has 0 radical (unpaired) electrons. The van der Waals surface area contributed by atoms with Crippen molar-refractivity contribution in [3.05, 3.63) is 35.8 Å². The van der Waals surface area contributed by atoms with Gasteiger partial charge in [0.2, 0.25) is 0 Å². The fourth-order valence-electron chi connectivity index (χ4n) is 3.04. The predicted octanol–water partition coefficient (Wildman–Crippen LogP) is 2.32. The van der Waals surface area contributed by atoms with Crippen molar-refractivity contribution >= 4 is 11.6 Å². The highest BCUT2D eigenvalue weighted by molar-refractivity contribution is 5.88. The van der Waals surface area contributed by atoms with Crippen molar-refractivity contribution in [2.75, 3.05) is 26.7 Å². The summed E-state index contributed by atoms with van der Waals surface area (Å²) in [6, 6.07) is 5.54. The van der Waals surface area contributed by atoms with Crippen molar-refractivity contribution in [3.8, 4) is 0 Å². The molecule has 0 bridgehead atoms. The average molecular weight is 287 g/mol. The molecule has 0 aromatic carbocycles. The first-order valence-corrected chi connectivity index (χ1v) is 7.51. The maximum atomic E-state index is 11.8. The molecule has 1 aliphatic rings. The molecular formula is C16H21N3O2. The zero-order valence-corrected chi connectivity index (χ0v) is 12.6. The Balaban J connectivity index is 1.89. The Labute approximate surface area is 124 Å². The van der Waals surface area contributed by atoms with Crippen molar-refractivity contribution in [2.24, 2.45) is 0 Å². The Hall–Kier alpha value is -1.88. The van der Waals surface area contributed by atoms with E-state index in [1.165, 1.54) is 7.11 Å². The second kappa shape index (κ2) is 5.85. The van der Waals surface area contributed by atoms with Gasteiger partial charge in [0, 0.05) is 12.1 Å². The molecule has 3 rings (SSSR count). The molecule has 21 heavy (non-hydrogen) atoms. The summed E-state index contributed by atoms with van der Waals surface area (Å²) in [5, 5.41) is 0. The van der Waals surface area contributed by atoms with Gasteiger partial charge in [0.05, 0.1) is 12.8 Å². The van der Waals surface area contributed by atoms with E-state index in [1.807, 2.05) is 22.7 Å². The Kier molecular flexibility index (Phi) is 3.92. The Morgan fingerprint density at radius 2 is 2.14 bits per heavy atom. The van der Waals surface area contributed by atoms with Gasteiger partial charge in [-0.2, -0.15) is 0 Å². The standard InChI is InChI=1S/C16H21N3O2/c1-3-18-9-7-12(8-10-18)13-11-19-14(16(20)21-2)5-4-6-15(19)17-13/h4-6,11-12H,3,7-10H2,1-2H3. The SMILES string of the molecule is CCN1CCC(c2cn3c(C(=O)OC)cccc3n2)CC1. The zero-order valence-electron chi connectivity index (χ0n) is 12.6. The third kappa shape index (κ3) is 2.65. The number of hydrogen-bond donors (Lipinski definition) is 0. The summed E-state index contributed by atoms with van der Waals surface area (Å²) < 4.78 is 6.67. The van der Waals surface area contributed by atoms with Gasteiger partial charge in [0.1, 0.15) is 11.3 Å². The van der Waals surface area contributed by atoms with E-state index < -0.39 is 0 Å². The summed E-state index contributed by atoms with van der Waals surface area (Å²) in [7, 11) is 1.40. The average Bonchev–Trinajstić information content (AvgIpc) is 2.98. The van der Waals surface area contributed by atoms with Crippen LogP contribution in [0.1, 0.15) is 41.9 Å². The minimum atomic E-state index is -0.328. The molecule has 0 N–H and O–H groups in total. The lowest BCUT2D eigenvalue weighted by Gasteiger charge is -2.30. The number of carbonyl (C=O) groups is 1. The number of likely N-dealkylation sites (tertiary alicyclic amines) is 1. The first kappa shape index (κ1) is 14.1.